The molecule has 1 heteroatoms. The zero-order valence-corrected chi connectivity index (χ0v) is 28.9. The van der Waals surface area contributed by atoms with Crippen molar-refractivity contribution in [2.45, 2.75) is 158 Å². The SMILES string of the molecule is CC(C)C1CC[C@@H]2C(CCC3[C@@](C)(COC[C@@]4(C)CCC[C@@]5(C)C4CCC4CC(C(C)C)CC[C@H]45)CCC[C@@]32C)C1. The average Bonchev–Trinajstić information content (AvgIpc) is 2.92. The van der Waals surface area contributed by atoms with E-state index in [4.69, 9.17) is 4.74 Å². The summed E-state index contributed by atoms with van der Waals surface area (Å²) in [4.78, 5) is 0. The van der Waals surface area contributed by atoms with Crippen molar-refractivity contribution >= 4 is 0 Å². The van der Waals surface area contributed by atoms with Crippen molar-refractivity contribution in [3.63, 3.8) is 0 Å². The van der Waals surface area contributed by atoms with Gasteiger partial charge in [0.25, 0.3) is 0 Å². The monoisotopic (exact) mass is 567 g/mol. The van der Waals surface area contributed by atoms with Crippen molar-refractivity contribution in [2.24, 2.45) is 80.8 Å². The lowest BCUT2D eigenvalue weighted by Gasteiger charge is -2.63. The molecule has 0 heterocycles. The molecule has 0 aromatic rings. The van der Waals surface area contributed by atoms with Gasteiger partial charge in [0.15, 0.2) is 0 Å². The van der Waals surface area contributed by atoms with E-state index in [1.165, 1.54) is 103 Å². The first-order valence-corrected chi connectivity index (χ1v) is 19.0. The summed E-state index contributed by atoms with van der Waals surface area (Å²) in [6.45, 7) is 22.8. The van der Waals surface area contributed by atoms with Gasteiger partial charge in [-0.3, -0.25) is 0 Å². The Bertz CT molecular complexity index is 834. The molecule has 6 aliphatic rings. The molecule has 236 valence electrons. The first kappa shape index (κ1) is 31.0. The summed E-state index contributed by atoms with van der Waals surface area (Å²) in [5.41, 5.74) is 1.88. The molecule has 6 aliphatic carbocycles. The van der Waals surface area contributed by atoms with Gasteiger partial charge in [0, 0.05) is 0 Å². The summed E-state index contributed by atoms with van der Waals surface area (Å²) in [6, 6.07) is 0. The molecule has 0 radical (unpaired) electrons. The van der Waals surface area contributed by atoms with Gasteiger partial charge >= 0.3 is 0 Å². The zero-order valence-electron chi connectivity index (χ0n) is 28.9. The molecule has 0 aliphatic heterocycles. The summed E-state index contributed by atoms with van der Waals surface area (Å²) in [5, 5.41) is 0. The van der Waals surface area contributed by atoms with Gasteiger partial charge in [0.1, 0.15) is 0 Å². The highest BCUT2D eigenvalue weighted by Gasteiger charge is 2.59. The fraction of sp³-hybridized carbons (Fsp3) is 1.00. The molecule has 41 heavy (non-hydrogen) atoms. The Balaban J connectivity index is 1.11. The lowest BCUT2D eigenvalue weighted by Crippen LogP contribution is -2.56. The van der Waals surface area contributed by atoms with Crippen molar-refractivity contribution in [2.75, 3.05) is 13.2 Å². The summed E-state index contributed by atoms with van der Waals surface area (Å²) in [5.74, 6) is 9.43. The van der Waals surface area contributed by atoms with E-state index in [0.717, 1.165) is 72.4 Å². The first-order valence-electron chi connectivity index (χ1n) is 19.0. The first-order chi connectivity index (χ1) is 19.4. The van der Waals surface area contributed by atoms with Crippen LogP contribution in [0.2, 0.25) is 0 Å². The Kier molecular flexibility index (Phi) is 8.61. The van der Waals surface area contributed by atoms with E-state index in [9.17, 15) is 0 Å². The predicted molar refractivity (Wildman–Crippen MR) is 175 cm³/mol. The van der Waals surface area contributed by atoms with Gasteiger partial charge in [-0.15, -0.1) is 0 Å². The third-order valence-electron chi connectivity index (χ3n) is 16.3. The van der Waals surface area contributed by atoms with E-state index in [2.05, 4.69) is 55.4 Å². The molecule has 0 saturated heterocycles. The molecule has 0 amide bonds. The van der Waals surface area contributed by atoms with Gasteiger partial charge in [-0.1, -0.05) is 68.2 Å². The minimum atomic E-state index is 0.383. The molecule has 6 fully saturated rings. The van der Waals surface area contributed by atoms with Crippen molar-refractivity contribution in [3.8, 4) is 0 Å². The van der Waals surface area contributed by atoms with Crippen molar-refractivity contribution in [3.05, 3.63) is 0 Å². The molecule has 6 saturated carbocycles. The van der Waals surface area contributed by atoms with Crippen LogP contribution in [-0.2, 0) is 4.74 Å². The normalized spacial score (nSPS) is 52.0. The molecule has 1 nitrogen and oxygen atoms in total. The van der Waals surface area contributed by atoms with Crippen LogP contribution in [0.15, 0.2) is 0 Å². The Morgan fingerprint density at radius 2 is 0.951 bits per heavy atom. The van der Waals surface area contributed by atoms with Gasteiger partial charge in [0.2, 0.25) is 0 Å². The van der Waals surface area contributed by atoms with Crippen LogP contribution in [0, 0.1) is 80.8 Å². The second-order valence-electron chi connectivity index (χ2n) is 19.1. The Labute approximate surface area is 256 Å². The molecule has 0 spiro atoms. The van der Waals surface area contributed by atoms with Gasteiger partial charge in [0.05, 0.1) is 13.2 Å². The van der Waals surface area contributed by atoms with Crippen LogP contribution in [-0.4, -0.2) is 13.2 Å². The molecule has 0 N–H and O–H groups in total. The third kappa shape index (κ3) is 5.33. The van der Waals surface area contributed by atoms with Crippen molar-refractivity contribution < 1.29 is 4.74 Å². The number of rotatable bonds is 6. The highest BCUT2D eigenvalue weighted by molar-refractivity contribution is 5.08. The molecule has 6 unspecified atom stereocenters. The van der Waals surface area contributed by atoms with E-state index >= 15 is 0 Å². The average molecular weight is 567 g/mol. The predicted octanol–water partition coefficient (Wildman–Crippen LogP) is 11.6. The van der Waals surface area contributed by atoms with Gasteiger partial charge in [-0.05, 0) is 171 Å². The minimum Gasteiger partial charge on any atom is -0.380 e. The highest BCUT2D eigenvalue weighted by atomic mass is 16.5. The maximum atomic E-state index is 7.08. The smallest absolute Gasteiger partial charge is 0.0522 e. The number of hydrogen-bond acceptors (Lipinski definition) is 1. The summed E-state index contributed by atoms with van der Waals surface area (Å²) >= 11 is 0. The lowest BCUT2D eigenvalue weighted by atomic mass is 9.43. The van der Waals surface area contributed by atoms with E-state index in [1.54, 1.807) is 0 Å². The van der Waals surface area contributed by atoms with Crippen LogP contribution in [0.3, 0.4) is 0 Å². The summed E-state index contributed by atoms with van der Waals surface area (Å²) < 4.78 is 7.08. The Hall–Kier alpha value is -0.0400. The van der Waals surface area contributed by atoms with Crippen LogP contribution >= 0.6 is 0 Å². The number of hydrogen-bond donors (Lipinski definition) is 0. The standard InChI is InChI=1S/C40H70O/c1-27(2)29-11-15-33-31(23-29)13-17-35-37(5,19-9-21-39(33,35)7)25-41-26-38(6)20-10-22-40(8)34-16-12-30(28(3)4)24-32(34)14-18-36(38)40/h27-36H,9-26H2,1-8H3/t29?,30?,31?,32?,33-,34-,35?,36?,37-,38-,39-,40-/m1/s1. The number of fused-ring (bicyclic) bond motifs is 6. The Morgan fingerprint density at radius 3 is 1.34 bits per heavy atom. The molecular weight excluding hydrogens is 496 g/mol. The fourth-order valence-corrected chi connectivity index (χ4v) is 14.1. The molecular formula is C40H70O. The van der Waals surface area contributed by atoms with E-state index in [0.29, 0.717) is 21.7 Å². The second kappa shape index (κ2) is 11.4. The molecule has 0 bridgehead atoms. The molecule has 0 aromatic heterocycles. The maximum Gasteiger partial charge on any atom is 0.0522 e. The minimum absolute atomic E-state index is 0.383. The van der Waals surface area contributed by atoms with Gasteiger partial charge < -0.3 is 4.74 Å². The topological polar surface area (TPSA) is 9.23 Å². The van der Waals surface area contributed by atoms with Crippen molar-refractivity contribution in [1.29, 1.82) is 0 Å². The largest absolute Gasteiger partial charge is 0.380 e. The van der Waals surface area contributed by atoms with Crippen LogP contribution in [0.4, 0.5) is 0 Å². The maximum absolute atomic E-state index is 7.08. The van der Waals surface area contributed by atoms with E-state index in [1.807, 2.05) is 0 Å². The highest BCUT2D eigenvalue weighted by Crippen LogP contribution is 2.66. The van der Waals surface area contributed by atoms with Gasteiger partial charge in [-0.2, -0.15) is 0 Å². The Morgan fingerprint density at radius 1 is 0.537 bits per heavy atom. The van der Waals surface area contributed by atoms with E-state index < -0.39 is 0 Å². The van der Waals surface area contributed by atoms with Crippen LogP contribution in [0.1, 0.15) is 158 Å². The van der Waals surface area contributed by atoms with E-state index in [-0.39, 0.29) is 0 Å². The van der Waals surface area contributed by atoms with Crippen LogP contribution in [0.25, 0.3) is 0 Å². The fourth-order valence-electron chi connectivity index (χ4n) is 14.1. The number of ether oxygens (including phenoxy) is 1. The second-order valence-corrected chi connectivity index (χ2v) is 19.1. The van der Waals surface area contributed by atoms with Crippen LogP contribution < -0.4 is 0 Å². The van der Waals surface area contributed by atoms with Crippen LogP contribution in [0.5, 0.6) is 0 Å². The molecule has 6 rings (SSSR count). The molecule has 0 aromatic carbocycles. The molecule has 12 atom stereocenters. The summed E-state index contributed by atoms with van der Waals surface area (Å²) in [7, 11) is 0. The quantitative estimate of drug-likeness (QED) is 0.311. The van der Waals surface area contributed by atoms with Crippen molar-refractivity contribution in [1.82, 2.24) is 0 Å². The van der Waals surface area contributed by atoms with Gasteiger partial charge in [-0.25, -0.2) is 0 Å². The zero-order chi connectivity index (χ0) is 29.2. The third-order valence-corrected chi connectivity index (χ3v) is 16.3. The summed E-state index contributed by atoms with van der Waals surface area (Å²) in [6.07, 6.45) is 23.6. The lowest BCUT2D eigenvalue weighted by molar-refractivity contribution is -0.168.